The van der Waals surface area contributed by atoms with Crippen LogP contribution < -0.4 is 15.5 Å². The molecule has 0 radical (unpaired) electrons. The molecule has 7 nitrogen and oxygen atoms in total. The molecule has 7 heteroatoms. The van der Waals surface area contributed by atoms with E-state index in [4.69, 9.17) is 4.42 Å². The molecule has 1 saturated heterocycles. The summed E-state index contributed by atoms with van der Waals surface area (Å²) in [5.41, 5.74) is 2.16. The normalized spacial score (nSPS) is 14.2. The average molecular weight is 355 g/mol. The highest BCUT2D eigenvalue weighted by Crippen LogP contribution is 2.23. The third kappa shape index (κ3) is 4.50. The number of nitrogens with one attached hydrogen (secondary N) is 2. The van der Waals surface area contributed by atoms with E-state index >= 15 is 0 Å². The first-order valence-electron chi connectivity index (χ1n) is 8.64. The summed E-state index contributed by atoms with van der Waals surface area (Å²) < 4.78 is 4.95. The molecule has 26 heavy (non-hydrogen) atoms. The van der Waals surface area contributed by atoms with Crippen LogP contribution in [0.15, 0.2) is 47.3 Å². The Kier molecular flexibility index (Phi) is 5.68. The van der Waals surface area contributed by atoms with Gasteiger partial charge in [-0.05, 0) is 49.1 Å². The topological polar surface area (TPSA) is 91.7 Å². The van der Waals surface area contributed by atoms with Gasteiger partial charge in [-0.15, -0.1) is 0 Å². The fourth-order valence-electron chi connectivity index (χ4n) is 2.85. The second-order valence-corrected chi connectivity index (χ2v) is 6.14. The number of benzene rings is 1. The minimum atomic E-state index is -0.737. The van der Waals surface area contributed by atoms with Crippen LogP contribution in [0.3, 0.4) is 0 Å². The van der Waals surface area contributed by atoms with Crippen molar-refractivity contribution >= 4 is 29.1 Å². The van der Waals surface area contributed by atoms with Gasteiger partial charge in [-0.3, -0.25) is 14.4 Å². The molecular weight excluding hydrogens is 334 g/mol. The predicted molar refractivity (Wildman–Crippen MR) is 96.7 cm³/mol. The van der Waals surface area contributed by atoms with Gasteiger partial charge in [0.05, 0.1) is 12.5 Å². The molecule has 1 aromatic heterocycles. The van der Waals surface area contributed by atoms with Gasteiger partial charge in [-0.2, -0.15) is 0 Å². The smallest absolute Gasteiger partial charge is 0.313 e. The quantitative estimate of drug-likeness (QED) is 0.804. The van der Waals surface area contributed by atoms with Crippen molar-refractivity contribution in [1.82, 2.24) is 5.32 Å². The van der Waals surface area contributed by atoms with Crippen LogP contribution in [-0.4, -0.2) is 30.8 Å². The number of rotatable bonds is 5. The molecule has 1 fully saturated rings. The number of piperidine rings is 1. The van der Waals surface area contributed by atoms with Crippen molar-refractivity contribution in [3.63, 3.8) is 0 Å². The minimum Gasteiger partial charge on any atom is -0.472 e. The van der Waals surface area contributed by atoms with E-state index in [-0.39, 0.29) is 5.91 Å². The lowest BCUT2D eigenvalue weighted by Gasteiger charge is -2.27. The Labute approximate surface area is 151 Å². The lowest BCUT2D eigenvalue weighted by molar-refractivity contribution is -0.136. The van der Waals surface area contributed by atoms with E-state index in [2.05, 4.69) is 10.6 Å². The second-order valence-electron chi connectivity index (χ2n) is 6.14. The maximum absolute atomic E-state index is 12.0. The Hall–Kier alpha value is -3.09. The molecule has 0 aliphatic carbocycles. The number of amides is 3. The van der Waals surface area contributed by atoms with Crippen LogP contribution in [0, 0.1) is 0 Å². The summed E-state index contributed by atoms with van der Waals surface area (Å²) in [7, 11) is 0. The number of furan rings is 1. The SMILES string of the molecule is O=C(NCCc1ccoc1)C(=O)Nc1cccc(N2CCCCC2=O)c1. The molecule has 3 amide bonds. The van der Waals surface area contributed by atoms with Gasteiger partial charge in [0.25, 0.3) is 0 Å². The molecule has 3 rings (SSSR count). The maximum atomic E-state index is 12.0. The number of carbonyl (C=O) groups is 3. The molecule has 0 atom stereocenters. The van der Waals surface area contributed by atoms with Crippen molar-refractivity contribution in [2.75, 3.05) is 23.3 Å². The summed E-state index contributed by atoms with van der Waals surface area (Å²) >= 11 is 0. The molecule has 2 heterocycles. The van der Waals surface area contributed by atoms with Gasteiger partial charge in [0.1, 0.15) is 0 Å². The summed E-state index contributed by atoms with van der Waals surface area (Å²) in [5.74, 6) is -1.36. The Morgan fingerprint density at radius 1 is 1.15 bits per heavy atom. The maximum Gasteiger partial charge on any atom is 0.313 e. The van der Waals surface area contributed by atoms with Gasteiger partial charge in [-0.25, -0.2) is 0 Å². The molecule has 0 spiro atoms. The Balaban J connectivity index is 1.54. The van der Waals surface area contributed by atoms with Crippen molar-refractivity contribution in [3.8, 4) is 0 Å². The average Bonchev–Trinajstić information content (AvgIpc) is 3.15. The molecule has 2 aromatic rings. The Bertz CT molecular complexity index is 786. The second kappa shape index (κ2) is 8.33. The standard InChI is InChI=1S/C19H21N3O4/c23-17-6-1-2-10-22(17)16-5-3-4-15(12-16)21-19(25)18(24)20-9-7-14-8-11-26-13-14/h3-5,8,11-13H,1-2,6-7,9-10H2,(H,20,24)(H,21,25). The zero-order valence-electron chi connectivity index (χ0n) is 14.4. The number of nitrogens with zero attached hydrogens (tertiary/aromatic N) is 1. The lowest BCUT2D eigenvalue weighted by atomic mass is 10.1. The number of carbonyl (C=O) groups excluding carboxylic acids is 3. The summed E-state index contributed by atoms with van der Waals surface area (Å²) in [5, 5.41) is 5.14. The first kappa shape index (κ1) is 17.7. The molecule has 2 N–H and O–H groups in total. The van der Waals surface area contributed by atoms with E-state index in [1.165, 1.54) is 0 Å². The summed E-state index contributed by atoms with van der Waals surface area (Å²) in [4.78, 5) is 37.7. The molecular formula is C19H21N3O4. The highest BCUT2D eigenvalue weighted by molar-refractivity contribution is 6.39. The highest BCUT2D eigenvalue weighted by Gasteiger charge is 2.20. The van der Waals surface area contributed by atoms with E-state index in [0.717, 1.165) is 24.1 Å². The molecule has 1 aliphatic heterocycles. The summed E-state index contributed by atoms with van der Waals surface area (Å²) in [6.07, 6.45) is 6.15. The first-order chi connectivity index (χ1) is 12.6. The van der Waals surface area contributed by atoms with Crippen molar-refractivity contribution < 1.29 is 18.8 Å². The number of anilines is 2. The monoisotopic (exact) mass is 355 g/mol. The van der Waals surface area contributed by atoms with Crippen LogP contribution in [0.4, 0.5) is 11.4 Å². The molecule has 1 aliphatic rings. The van der Waals surface area contributed by atoms with Crippen LogP contribution in [-0.2, 0) is 20.8 Å². The fourth-order valence-corrected chi connectivity index (χ4v) is 2.85. The van der Waals surface area contributed by atoms with E-state index in [1.807, 2.05) is 6.07 Å². The predicted octanol–water partition coefficient (Wildman–Crippen LogP) is 2.09. The molecule has 136 valence electrons. The molecule has 0 unspecified atom stereocenters. The third-order valence-electron chi connectivity index (χ3n) is 4.22. The first-order valence-corrected chi connectivity index (χ1v) is 8.64. The van der Waals surface area contributed by atoms with E-state index < -0.39 is 11.8 Å². The van der Waals surface area contributed by atoms with E-state index in [1.54, 1.807) is 41.7 Å². The van der Waals surface area contributed by atoms with Crippen LogP contribution in [0.2, 0.25) is 0 Å². The van der Waals surface area contributed by atoms with Crippen molar-refractivity contribution in [2.24, 2.45) is 0 Å². The van der Waals surface area contributed by atoms with Crippen LogP contribution in [0.5, 0.6) is 0 Å². The Morgan fingerprint density at radius 2 is 2.04 bits per heavy atom. The number of hydrogen-bond acceptors (Lipinski definition) is 4. The van der Waals surface area contributed by atoms with Crippen LogP contribution in [0.1, 0.15) is 24.8 Å². The molecule has 0 saturated carbocycles. The van der Waals surface area contributed by atoms with E-state index in [9.17, 15) is 14.4 Å². The zero-order valence-corrected chi connectivity index (χ0v) is 14.4. The van der Waals surface area contributed by atoms with Crippen LogP contribution >= 0.6 is 0 Å². The summed E-state index contributed by atoms with van der Waals surface area (Å²) in [6.45, 7) is 1.01. The van der Waals surface area contributed by atoms with Gasteiger partial charge >= 0.3 is 11.8 Å². The zero-order chi connectivity index (χ0) is 18.4. The Morgan fingerprint density at radius 3 is 2.81 bits per heavy atom. The van der Waals surface area contributed by atoms with Gasteiger partial charge in [-0.1, -0.05) is 6.07 Å². The van der Waals surface area contributed by atoms with Gasteiger partial charge in [0, 0.05) is 30.9 Å². The minimum absolute atomic E-state index is 0.0803. The molecule has 1 aromatic carbocycles. The van der Waals surface area contributed by atoms with Crippen molar-refractivity contribution in [3.05, 3.63) is 48.4 Å². The van der Waals surface area contributed by atoms with Gasteiger partial charge < -0.3 is 20.0 Å². The largest absolute Gasteiger partial charge is 0.472 e. The van der Waals surface area contributed by atoms with Crippen molar-refractivity contribution in [1.29, 1.82) is 0 Å². The van der Waals surface area contributed by atoms with E-state index in [0.29, 0.717) is 31.6 Å². The van der Waals surface area contributed by atoms with Crippen LogP contribution in [0.25, 0.3) is 0 Å². The highest BCUT2D eigenvalue weighted by atomic mass is 16.3. The van der Waals surface area contributed by atoms with Gasteiger partial charge in [0.15, 0.2) is 0 Å². The number of hydrogen-bond donors (Lipinski definition) is 2. The third-order valence-corrected chi connectivity index (χ3v) is 4.22. The molecule has 0 bridgehead atoms. The lowest BCUT2D eigenvalue weighted by Crippen LogP contribution is -2.37. The van der Waals surface area contributed by atoms with Gasteiger partial charge in [0.2, 0.25) is 5.91 Å². The fraction of sp³-hybridized carbons (Fsp3) is 0.316. The van der Waals surface area contributed by atoms with Crippen molar-refractivity contribution in [2.45, 2.75) is 25.7 Å². The summed E-state index contributed by atoms with van der Waals surface area (Å²) in [6, 6.07) is 8.78.